The van der Waals surface area contributed by atoms with Crippen molar-refractivity contribution in [1.82, 2.24) is 25.1 Å². The molecule has 1 saturated heterocycles. The summed E-state index contributed by atoms with van der Waals surface area (Å²) >= 11 is 0. The van der Waals surface area contributed by atoms with Crippen molar-refractivity contribution in [3.63, 3.8) is 0 Å². The van der Waals surface area contributed by atoms with Crippen LogP contribution in [-0.2, 0) is 0 Å². The molecule has 2 aromatic rings. The van der Waals surface area contributed by atoms with Crippen LogP contribution >= 0.6 is 0 Å². The van der Waals surface area contributed by atoms with Gasteiger partial charge in [-0.2, -0.15) is 10.1 Å². The number of halogens is 1. The fraction of sp³-hybridized carbons (Fsp3) is 0.538. The average Bonchev–Trinajstić information content (AvgIpc) is 3.02. The van der Waals surface area contributed by atoms with Crippen molar-refractivity contribution in [2.45, 2.75) is 18.8 Å². The topological polar surface area (TPSA) is 73.8 Å². The highest BCUT2D eigenvalue weighted by Crippen LogP contribution is 2.27. The maximum absolute atomic E-state index is 13.7. The highest BCUT2D eigenvalue weighted by atomic mass is 19.1. The van der Waals surface area contributed by atoms with Gasteiger partial charge < -0.3 is 9.80 Å². The quantitative estimate of drug-likeness (QED) is 0.915. The Morgan fingerprint density at radius 2 is 2.24 bits per heavy atom. The van der Waals surface area contributed by atoms with Crippen LogP contribution in [-0.4, -0.2) is 52.3 Å². The first-order chi connectivity index (χ1) is 10.1. The van der Waals surface area contributed by atoms with Crippen LogP contribution in [0.3, 0.4) is 0 Å². The number of H-pyrrole nitrogens is 1. The van der Waals surface area contributed by atoms with Crippen molar-refractivity contribution in [3.8, 4) is 0 Å². The Bertz CT molecular complexity index is 599. The smallest absolute Gasteiger partial charge is 0.227 e. The maximum Gasteiger partial charge on any atom is 0.227 e. The first-order valence-electron chi connectivity index (χ1n) is 6.95. The summed E-state index contributed by atoms with van der Waals surface area (Å²) in [6.07, 6.45) is 4.82. The molecule has 112 valence electrons. The summed E-state index contributed by atoms with van der Waals surface area (Å²) in [5.41, 5.74) is 0. The van der Waals surface area contributed by atoms with Crippen LogP contribution in [0.15, 0.2) is 12.5 Å². The SMILES string of the molecule is CN(C)c1nc(N2CCCC(c3ncn[nH]3)C2)ncc1F. The molecule has 21 heavy (non-hydrogen) atoms. The van der Waals surface area contributed by atoms with Crippen LogP contribution in [0.5, 0.6) is 0 Å². The Hall–Kier alpha value is -2.25. The monoisotopic (exact) mass is 291 g/mol. The summed E-state index contributed by atoms with van der Waals surface area (Å²) in [5, 5.41) is 6.82. The maximum atomic E-state index is 13.7. The molecule has 1 fully saturated rings. The summed E-state index contributed by atoms with van der Waals surface area (Å²) < 4.78 is 13.7. The van der Waals surface area contributed by atoms with Crippen LogP contribution in [0.1, 0.15) is 24.6 Å². The molecule has 0 bridgehead atoms. The van der Waals surface area contributed by atoms with Crippen LogP contribution in [0.25, 0.3) is 0 Å². The second-order valence-electron chi connectivity index (χ2n) is 5.39. The average molecular weight is 291 g/mol. The molecule has 0 amide bonds. The minimum Gasteiger partial charge on any atom is -0.360 e. The molecule has 1 aliphatic heterocycles. The number of aromatic nitrogens is 5. The molecule has 0 aliphatic carbocycles. The second-order valence-corrected chi connectivity index (χ2v) is 5.39. The van der Waals surface area contributed by atoms with Crippen LogP contribution < -0.4 is 9.80 Å². The largest absolute Gasteiger partial charge is 0.360 e. The molecular weight excluding hydrogens is 273 g/mol. The Morgan fingerprint density at radius 3 is 2.95 bits per heavy atom. The van der Waals surface area contributed by atoms with Crippen molar-refractivity contribution in [3.05, 3.63) is 24.2 Å². The zero-order valence-corrected chi connectivity index (χ0v) is 12.1. The minimum absolute atomic E-state index is 0.276. The van der Waals surface area contributed by atoms with Crippen LogP contribution in [0.2, 0.25) is 0 Å². The van der Waals surface area contributed by atoms with Gasteiger partial charge in [0.25, 0.3) is 0 Å². The minimum atomic E-state index is -0.410. The van der Waals surface area contributed by atoms with Crippen molar-refractivity contribution in [1.29, 1.82) is 0 Å². The number of aromatic amines is 1. The van der Waals surface area contributed by atoms with E-state index in [1.807, 2.05) is 0 Å². The van der Waals surface area contributed by atoms with Gasteiger partial charge in [0.2, 0.25) is 5.95 Å². The van der Waals surface area contributed by atoms with E-state index in [0.29, 0.717) is 11.8 Å². The molecule has 7 nitrogen and oxygen atoms in total. The van der Waals surface area contributed by atoms with Gasteiger partial charge in [0.05, 0.1) is 6.20 Å². The number of hydrogen-bond donors (Lipinski definition) is 1. The second kappa shape index (κ2) is 5.63. The third kappa shape index (κ3) is 2.79. The predicted molar refractivity (Wildman–Crippen MR) is 76.9 cm³/mol. The normalized spacial score (nSPS) is 18.8. The van der Waals surface area contributed by atoms with Crippen molar-refractivity contribution in [2.24, 2.45) is 0 Å². The molecule has 1 aliphatic rings. The van der Waals surface area contributed by atoms with Gasteiger partial charge in [-0.3, -0.25) is 5.10 Å². The van der Waals surface area contributed by atoms with Gasteiger partial charge in [-0.25, -0.2) is 14.4 Å². The number of rotatable bonds is 3. The zero-order chi connectivity index (χ0) is 14.8. The molecule has 0 aromatic carbocycles. The number of piperidine rings is 1. The fourth-order valence-electron chi connectivity index (χ4n) is 2.61. The number of nitrogens with zero attached hydrogens (tertiary/aromatic N) is 6. The number of nitrogens with one attached hydrogen (secondary N) is 1. The zero-order valence-electron chi connectivity index (χ0n) is 12.1. The summed E-state index contributed by atoms with van der Waals surface area (Å²) in [6.45, 7) is 1.62. The van der Waals surface area contributed by atoms with E-state index in [1.165, 1.54) is 12.5 Å². The van der Waals surface area contributed by atoms with Gasteiger partial charge in [-0.1, -0.05) is 0 Å². The Morgan fingerprint density at radius 1 is 1.38 bits per heavy atom. The molecule has 2 aromatic heterocycles. The lowest BCUT2D eigenvalue weighted by atomic mass is 9.98. The summed E-state index contributed by atoms with van der Waals surface area (Å²) in [7, 11) is 3.53. The van der Waals surface area contributed by atoms with Gasteiger partial charge in [-0.05, 0) is 12.8 Å². The van der Waals surface area contributed by atoms with Gasteiger partial charge >= 0.3 is 0 Å². The molecule has 1 unspecified atom stereocenters. The number of hydrogen-bond acceptors (Lipinski definition) is 6. The number of anilines is 2. The molecule has 3 heterocycles. The summed E-state index contributed by atoms with van der Waals surface area (Å²) in [5.74, 6) is 1.62. The lowest BCUT2D eigenvalue weighted by Gasteiger charge is -2.32. The Labute approximate surface area is 122 Å². The molecular formula is C13H18FN7. The van der Waals surface area contributed by atoms with E-state index in [2.05, 4.69) is 30.0 Å². The van der Waals surface area contributed by atoms with E-state index in [-0.39, 0.29) is 5.92 Å². The molecule has 0 saturated carbocycles. The first-order valence-corrected chi connectivity index (χ1v) is 6.95. The predicted octanol–water partition coefficient (Wildman–Crippen LogP) is 1.18. The molecule has 8 heteroatoms. The highest BCUT2D eigenvalue weighted by Gasteiger charge is 2.25. The van der Waals surface area contributed by atoms with Crippen molar-refractivity contribution >= 4 is 11.8 Å². The van der Waals surface area contributed by atoms with E-state index >= 15 is 0 Å². The third-order valence-electron chi connectivity index (χ3n) is 3.66. The lowest BCUT2D eigenvalue weighted by molar-refractivity contribution is 0.485. The van der Waals surface area contributed by atoms with Gasteiger partial charge in [0.1, 0.15) is 12.2 Å². The van der Waals surface area contributed by atoms with Crippen LogP contribution in [0.4, 0.5) is 16.2 Å². The highest BCUT2D eigenvalue weighted by molar-refractivity contribution is 5.44. The van der Waals surface area contributed by atoms with E-state index in [4.69, 9.17) is 0 Å². The van der Waals surface area contributed by atoms with E-state index in [1.54, 1.807) is 19.0 Å². The molecule has 1 atom stereocenters. The van der Waals surface area contributed by atoms with E-state index in [9.17, 15) is 4.39 Å². The summed E-state index contributed by atoms with van der Waals surface area (Å²) in [6, 6.07) is 0. The van der Waals surface area contributed by atoms with Gasteiger partial charge in [0.15, 0.2) is 11.6 Å². The van der Waals surface area contributed by atoms with Gasteiger partial charge in [0, 0.05) is 33.1 Å². The fourth-order valence-corrected chi connectivity index (χ4v) is 2.61. The molecule has 0 spiro atoms. The Kier molecular flexibility index (Phi) is 3.68. The summed E-state index contributed by atoms with van der Waals surface area (Å²) in [4.78, 5) is 16.4. The standard InChI is InChI=1S/C13H18FN7/c1-20(2)12-10(14)6-15-13(18-12)21-5-3-4-9(7-21)11-16-8-17-19-11/h6,8-9H,3-5,7H2,1-2H3,(H,16,17,19). The van der Waals surface area contributed by atoms with Crippen molar-refractivity contribution in [2.75, 3.05) is 37.0 Å². The molecule has 0 radical (unpaired) electrons. The molecule has 3 rings (SSSR count). The van der Waals surface area contributed by atoms with Crippen molar-refractivity contribution < 1.29 is 4.39 Å². The first kappa shape index (κ1) is 13.7. The van der Waals surface area contributed by atoms with Gasteiger partial charge in [-0.15, -0.1) is 0 Å². The Balaban J connectivity index is 1.82. The van der Waals surface area contributed by atoms with E-state index < -0.39 is 5.82 Å². The lowest BCUT2D eigenvalue weighted by Crippen LogP contribution is -2.36. The molecule has 1 N–H and O–H groups in total. The van der Waals surface area contributed by atoms with E-state index in [0.717, 1.165) is 31.8 Å². The van der Waals surface area contributed by atoms with Crippen LogP contribution in [0, 0.1) is 5.82 Å². The third-order valence-corrected chi connectivity index (χ3v) is 3.66.